The van der Waals surface area contributed by atoms with Crippen LogP contribution in [0.15, 0.2) is 30.9 Å². The summed E-state index contributed by atoms with van der Waals surface area (Å²) >= 11 is 0. The molecule has 2 aliphatic heterocycles. The van der Waals surface area contributed by atoms with Crippen LogP contribution >= 0.6 is 0 Å². The van der Waals surface area contributed by atoms with Crippen LogP contribution in [0.1, 0.15) is 23.2 Å². The van der Waals surface area contributed by atoms with Gasteiger partial charge < -0.3 is 23.8 Å². The lowest BCUT2D eigenvalue weighted by molar-refractivity contribution is -0.100. The van der Waals surface area contributed by atoms with Crippen LogP contribution < -0.4 is 9.47 Å². The summed E-state index contributed by atoms with van der Waals surface area (Å²) in [5.41, 5.74) is 0.563. The third kappa shape index (κ3) is 3.00. The van der Waals surface area contributed by atoms with E-state index in [2.05, 4.69) is 6.58 Å². The molecule has 4 rings (SSSR count). The predicted octanol–water partition coefficient (Wildman–Crippen LogP) is 2.03. The number of morpholine rings is 1. The second kappa shape index (κ2) is 7.06. The fourth-order valence-electron chi connectivity index (χ4n) is 3.93. The van der Waals surface area contributed by atoms with Crippen LogP contribution in [-0.4, -0.2) is 62.0 Å². The summed E-state index contributed by atoms with van der Waals surface area (Å²) in [6, 6.07) is 5.52. The van der Waals surface area contributed by atoms with Crippen LogP contribution in [0.2, 0.25) is 0 Å². The Balaban J connectivity index is 1.56. The highest BCUT2D eigenvalue weighted by atomic mass is 16.6. The highest BCUT2D eigenvalue weighted by Gasteiger charge is 2.45. The van der Waals surface area contributed by atoms with Crippen molar-refractivity contribution in [3.63, 3.8) is 0 Å². The third-order valence-electron chi connectivity index (χ3n) is 5.02. The number of carbonyl (C=O) groups is 1. The first kappa shape index (κ1) is 16.4. The second-order valence-corrected chi connectivity index (χ2v) is 6.47. The van der Waals surface area contributed by atoms with E-state index in [0.717, 1.165) is 12.8 Å². The number of benzene rings is 1. The Bertz CT molecular complexity index is 661. The maximum atomic E-state index is 13.2. The Kier molecular flexibility index (Phi) is 4.63. The van der Waals surface area contributed by atoms with E-state index in [1.54, 1.807) is 12.1 Å². The topological polar surface area (TPSA) is 57.2 Å². The van der Waals surface area contributed by atoms with Gasteiger partial charge in [-0.1, -0.05) is 12.1 Å². The number of carbonyl (C=O) groups excluding carboxylic acids is 1. The molecule has 2 fully saturated rings. The zero-order valence-corrected chi connectivity index (χ0v) is 14.2. The normalized spacial score (nSPS) is 27.7. The molecule has 1 aromatic carbocycles. The zero-order valence-electron chi connectivity index (χ0n) is 14.2. The number of para-hydroxylation sites is 1. The largest absolute Gasteiger partial charge is 0.486 e. The molecule has 0 bridgehead atoms. The molecule has 6 heteroatoms. The van der Waals surface area contributed by atoms with Gasteiger partial charge in [0.15, 0.2) is 11.5 Å². The zero-order chi connectivity index (χ0) is 17.2. The smallest absolute Gasteiger partial charge is 0.258 e. The molecule has 1 aliphatic carbocycles. The summed E-state index contributed by atoms with van der Waals surface area (Å²) in [6.45, 7) is 6.27. The van der Waals surface area contributed by atoms with Crippen molar-refractivity contribution < 1.29 is 23.7 Å². The average molecular weight is 345 g/mol. The number of fused-ring (bicyclic) bond motifs is 2. The van der Waals surface area contributed by atoms with E-state index < -0.39 is 0 Å². The van der Waals surface area contributed by atoms with E-state index in [4.69, 9.17) is 18.9 Å². The summed E-state index contributed by atoms with van der Waals surface area (Å²) in [5, 5.41) is 0. The maximum Gasteiger partial charge on any atom is 0.258 e. The van der Waals surface area contributed by atoms with Crippen LogP contribution in [0.5, 0.6) is 11.5 Å². The monoisotopic (exact) mass is 345 g/mol. The van der Waals surface area contributed by atoms with Gasteiger partial charge in [-0.15, -0.1) is 6.58 Å². The van der Waals surface area contributed by atoms with E-state index in [1.165, 1.54) is 0 Å². The van der Waals surface area contributed by atoms with Gasteiger partial charge in [0.05, 0.1) is 30.9 Å². The van der Waals surface area contributed by atoms with Gasteiger partial charge in [0, 0.05) is 6.54 Å². The fourth-order valence-corrected chi connectivity index (χ4v) is 3.93. The summed E-state index contributed by atoms with van der Waals surface area (Å²) in [4.78, 5) is 15.1. The average Bonchev–Trinajstić information content (AvgIpc) is 3.08. The molecule has 1 aromatic rings. The number of hydrogen-bond donors (Lipinski definition) is 0. The summed E-state index contributed by atoms with van der Waals surface area (Å²) in [6.07, 6.45) is 3.45. The van der Waals surface area contributed by atoms with Crippen molar-refractivity contribution in [2.45, 2.75) is 31.1 Å². The molecule has 3 atom stereocenters. The van der Waals surface area contributed by atoms with Gasteiger partial charge in [-0.25, -0.2) is 0 Å². The molecule has 3 aliphatic rings. The minimum absolute atomic E-state index is 0.0165. The Morgan fingerprint density at radius 2 is 2.16 bits per heavy atom. The van der Waals surface area contributed by atoms with Gasteiger partial charge in [-0.3, -0.25) is 4.79 Å². The van der Waals surface area contributed by atoms with Gasteiger partial charge in [0.25, 0.3) is 5.91 Å². The minimum Gasteiger partial charge on any atom is -0.486 e. The van der Waals surface area contributed by atoms with Gasteiger partial charge in [0.1, 0.15) is 19.3 Å². The number of nitrogens with zero attached hydrogens (tertiary/aromatic N) is 1. The van der Waals surface area contributed by atoms with Gasteiger partial charge in [-0.2, -0.15) is 0 Å². The van der Waals surface area contributed by atoms with E-state index in [9.17, 15) is 4.79 Å². The van der Waals surface area contributed by atoms with Crippen molar-refractivity contribution in [1.29, 1.82) is 0 Å². The number of rotatable bonds is 4. The standard InChI is InChI=1S/C19H23NO5/c1-2-9-22-16-7-6-14-18(16)24-10-8-20(14)19(21)13-4-3-5-15-17(13)25-12-11-23-15/h2-5,14,16,18H,1,6-12H2/t14-,16-,18+/m1/s1. The molecular formula is C19H23NO5. The quantitative estimate of drug-likeness (QED) is 0.782. The highest BCUT2D eigenvalue weighted by Crippen LogP contribution is 2.37. The third-order valence-corrected chi connectivity index (χ3v) is 5.02. The van der Waals surface area contributed by atoms with E-state index >= 15 is 0 Å². The first-order chi connectivity index (χ1) is 12.3. The van der Waals surface area contributed by atoms with Gasteiger partial charge >= 0.3 is 0 Å². The first-order valence-electron chi connectivity index (χ1n) is 8.83. The Hall–Kier alpha value is -2.05. The second-order valence-electron chi connectivity index (χ2n) is 6.47. The lowest BCUT2D eigenvalue weighted by atomic mass is 10.1. The lowest BCUT2D eigenvalue weighted by Gasteiger charge is -2.39. The number of amides is 1. The minimum atomic E-state index is -0.0747. The molecule has 0 spiro atoms. The van der Waals surface area contributed by atoms with Crippen LogP contribution in [0.3, 0.4) is 0 Å². The van der Waals surface area contributed by atoms with Crippen molar-refractivity contribution in [3.8, 4) is 11.5 Å². The molecule has 1 saturated heterocycles. The van der Waals surface area contributed by atoms with Crippen molar-refractivity contribution in [3.05, 3.63) is 36.4 Å². The van der Waals surface area contributed by atoms with Crippen molar-refractivity contribution in [1.82, 2.24) is 4.90 Å². The van der Waals surface area contributed by atoms with Crippen LogP contribution in [0.25, 0.3) is 0 Å². The van der Waals surface area contributed by atoms with Gasteiger partial charge in [-0.05, 0) is 25.0 Å². The lowest BCUT2D eigenvalue weighted by Crippen LogP contribution is -2.54. The SMILES string of the molecule is C=CCO[C@@H]1CC[C@@H]2[C@@H]1OCCN2C(=O)c1cccc2c1OCCO2. The van der Waals surface area contributed by atoms with E-state index in [0.29, 0.717) is 50.0 Å². The molecule has 0 aromatic heterocycles. The Labute approximate surface area is 147 Å². The summed E-state index contributed by atoms with van der Waals surface area (Å²) in [5.74, 6) is 1.17. The molecule has 25 heavy (non-hydrogen) atoms. The van der Waals surface area contributed by atoms with E-state index in [1.807, 2.05) is 17.0 Å². The van der Waals surface area contributed by atoms with Crippen molar-refractivity contribution in [2.24, 2.45) is 0 Å². The molecule has 6 nitrogen and oxygen atoms in total. The predicted molar refractivity (Wildman–Crippen MR) is 91.2 cm³/mol. The molecule has 0 unspecified atom stereocenters. The molecule has 1 amide bonds. The van der Waals surface area contributed by atoms with Crippen LogP contribution in [0, 0.1) is 0 Å². The molecule has 134 valence electrons. The molecular weight excluding hydrogens is 322 g/mol. The van der Waals surface area contributed by atoms with Crippen molar-refractivity contribution >= 4 is 5.91 Å². The molecule has 1 saturated carbocycles. The molecule has 0 N–H and O–H groups in total. The molecule has 0 radical (unpaired) electrons. The van der Waals surface area contributed by atoms with Gasteiger partial charge in [0.2, 0.25) is 0 Å². The first-order valence-corrected chi connectivity index (χ1v) is 8.83. The summed E-state index contributed by atoms with van der Waals surface area (Å²) < 4.78 is 23.1. The summed E-state index contributed by atoms with van der Waals surface area (Å²) in [7, 11) is 0. The van der Waals surface area contributed by atoms with Crippen LogP contribution in [-0.2, 0) is 9.47 Å². The highest BCUT2D eigenvalue weighted by molar-refractivity contribution is 5.98. The number of hydrogen-bond acceptors (Lipinski definition) is 5. The Morgan fingerprint density at radius 3 is 3.04 bits per heavy atom. The van der Waals surface area contributed by atoms with E-state index in [-0.39, 0.29) is 24.2 Å². The van der Waals surface area contributed by atoms with Crippen molar-refractivity contribution in [2.75, 3.05) is 33.0 Å². The number of ether oxygens (including phenoxy) is 4. The Morgan fingerprint density at radius 1 is 1.28 bits per heavy atom. The van der Waals surface area contributed by atoms with Crippen LogP contribution in [0.4, 0.5) is 0 Å². The molecule has 2 heterocycles. The maximum absolute atomic E-state index is 13.2. The fraction of sp³-hybridized carbons (Fsp3) is 0.526.